The van der Waals surface area contributed by atoms with E-state index in [9.17, 15) is 4.79 Å². The summed E-state index contributed by atoms with van der Waals surface area (Å²) < 4.78 is 5.15. The molecule has 86 valence electrons. The van der Waals surface area contributed by atoms with Crippen LogP contribution in [-0.4, -0.2) is 23.9 Å². The quantitative estimate of drug-likeness (QED) is 0.879. The molecule has 0 saturated carbocycles. The van der Waals surface area contributed by atoms with Crippen molar-refractivity contribution < 1.29 is 14.6 Å². The van der Waals surface area contributed by atoms with E-state index in [2.05, 4.69) is 0 Å². The van der Waals surface area contributed by atoms with Crippen molar-refractivity contribution in [2.45, 2.75) is 17.7 Å². The zero-order chi connectivity index (χ0) is 11.7. The highest BCUT2D eigenvalue weighted by molar-refractivity contribution is 7.99. The molecule has 0 saturated heterocycles. The van der Waals surface area contributed by atoms with Gasteiger partial charge in [0.1, 0.15) is 5.75 Å². The summed E-state index contributed by atoms with van der Waals surface area (Å²) in [5, 5.41) is 9.03. The number of fused-ring (bicyclic) bond motifs is 1. The fourth-order valence-corrected chi connectivity index (χ4v) is 3.34. The number of benzene rings is 1. The van der Waals surface area contributed by atoms with Crippen molar-refractivity contribution in [3.63, 3.8) is 0 Å². The molecule has 2 atom stereocenters. The second-order valence-electron chi connectivity index (χ2n) is 3.95. The molecule has 1 aliphatic heterocycles. The smallest absolute Gasteiger partial charge is 0.306 e. The molecule has 1 N–H and O–H groups in total. The Hall–Kier alpha value is -1.16. The Bertz CT molecular complexity index is 417. The molecule has 0 radical (unpaired) electrons. The van der Waals surface area contributed by atoms with E-state index in [-0.39, 0.29) is 11.8 Å². The molecule has 3 nitrogen and oxygen atoms in total. The van der Waals surface area contributed by atoms with Crippen molar-refractivity contribution in [3.05, 3.63) is 23.8 Å². The number of hydrogen-bond donors (Lipinski definition) is 1. The maximum absolute atomic E-state index is 11.0. The lowest BCUT2D eigenvalue weighted by molar-refractivity contribution is -0.141. The fourth-order valence-electron chi connectivity index (χ4n) is 1.93. The normalized spacial score (nSPS) is 20.2. The van der Waals surface area contributed by atoms with Gasteiger partial charge in [-0.25, -0.2) is 0 Å². The zero-order valence-electron chi connectivity index (χ0n) is 9.27. The van der Waals surface area contributed by atoms with Crippen LogP contribution in [0, 0.1) is 5.92 Å². The van der Waals surface area contributed by atoms with Gasteiger partial charge in [-0.1, -0.05) is 13.0 Å². The van der Waals surface area contributed by atoms with Gasteiger partial charge in [0.05, 0.1) is 13.0 Å². The molecule has 0 spiro atoms. The first kappa shape index (κ1) is 11.3. The van der Waals surface area contributed by atoms with Gasteiger partial charge in [-0.3, -0.25) is 4.79 Å². The molecular formula is C12H14O3S. The molecule has 0 aliphatic carbocycles. The average molecular weight is 238 g/mol. The largest absolute Gasteiger partial charge is 0.497 e. The van der Waals surface area contributed by atoms with Gasteiger partial charge in [-0.15, -0.1) is 11.8 Å². The fraction of sp³-hybridized carbons (Fsp3) is 0.417. The molecule has 0 amide bonds. The summed E-state index contributed by atoms with van der Waals surface area (Å²) in [4.78, 5) is 12.1. The van der Waals surface area contributed by atoms with Gasteiger partial charge >= 0.3 is 5.97 Å². The van der Waals surface area contributed by atoms with Crippen LogP contribution in [0.15, 0.2) is 23.1 Å². The topological polar surface area (TPSA) is 46.5 Å². The first-order valence-electron chi connectivity index (χ1n) is 5.17. The first-order valence-corrected chi connectivity index (χ1v) is 6.15. The number of thioether (sulfide) groups is 1. The molecule has 2 unspecified atom stereocenters. The van der Waals surface area contributed by atoms with Crippen LogP contribution in [0.25, 0.3) is 0 Å². The number of carboxylic acid groups (broad SMARTS) is 1. The Morgan fingerprint density at radius 2 is 2.38 bits per heavy atom. The SMILES string of the molecule is COc1ccc2c(c1)SCC2C(C)C(=O)O. The number of methoxy groups -OCH3 is 1. The Morgan fingerprint density at radius 3 is 3.00 bits per heavy atom. The average Bonchev–Trinajstić information content (AvgIpc) is 2.70. The van der Waals surface area contributed by atoms with Gasteiger partial charge in [-0.05, 0) is 17.7 Å². The predicted molar refractivity (Wildman–Crippen MR) is 63.3 cm³/mol. The summed E-state index contributed by atoms with van der Waals surface area (Å²) in [6, 6.07) is 5.86. The first-order chi connectivity index (χ1) is 7.63. The number of ether oxygens (including phenoxy) is 1. The van der Waals surface area contributed by atoms with Crippen LogP contribution < -0.4 is 4.74 Å². The van der Waals surface area contributed by atoms with Gasteiger partial charge in [0.25, 0.3) is 0 Å². The predicted octanol–water partition coefficient (Wildman–Crippen LogP) is 2.61. The second-order valence-corrected chi connectivity index (χ2v) is 5.01. The lowest BCUT2D eigenvalue weighted by Crippen LogP contribution is -2.18. The highest BCUT2D eigenvalue weighted by Gasteiger charge is 2.31. The van der Waals surface area contributed by atoms with Crippen molar-refractivity contribution in [2.75, 3.05) is 12.9 Å². The maximum Gasteiger partial charge on any atom is 0.306 e. The minimum absolute atomic E-state index is 0.114. The summed E-state index contributed by atoms with van der Waals surface area (Å²) in [7, 11) is 1.64. The molecule has 1 aromatic carbocycles. The third-order valence-electron chi connectivity index (χ3n) is 3.03. The molecule has 0 fully saturated rings. The zero-order valence-corrected chi connectivity index (χ0v) is 10.1. The maximum atomic E-state index is 11.0. The molecule has 1 heterocycles. The van der Waals surface area contributed by atoms with E-state index in [4.69, 9.17) is 9.84 Å². The standard InChI is InChI=1S/C12H14O3S/c1-7(12(13)14)10-6-16-11-5-8(15-2)3-4-9(10)11/h3-5,7,10H,6H2,1-2H3,(H,13,14). The van der Waals surface area contributed by atoms with E-state index in [1.54, 1.807) is 25.8 Å². The molecule has 16 heavy (non-hydrogen) atoms. The van der Waals surface area contributed by atoms with Crippen molar-refractivity contribution >= 4 is 17.7 Å². The third-order valence-corrected chi connectivity index (χ3v) is 4.22. The summed E-state index contributed by atoms with van der Waals surface area (Å²) >= 11 is 1.71. The Morgan fingerprint density at radius 1 is 1.62 bits per heavy atom. The van der Waals surface area contributed by atoms with Crippen LogP contribution in [0.1, 0.15) is 18.4 Å². The van der Waals surface area contributed by atoms with Gasteiger partial charge in [-0.2, -0.15) is 0 Å². The van der Waals surface area contributed by atoms with E-state index in [0.717, 1.165) is 22.0 Å². The van der Waals surface area contributed by atoms with E-state index < -0.39 is 5.97 Å². The summed E-state index contributed by atoms with van der Waals surface area (Å²) in [6.07, 6.45) is 0. The van der Waals surface area contributed by atoms with Crippen LogP contribution in [0.5, 0.6) is 5.75 Å². The van der Waals surface area contributed by atoms with Crippen molar-refractivity contribution in [1.82, 2.24) is 0 Å². The number of rotatable bonds is 3. The van der Waals surface area contributed by atoms with Gasteiger partial charge in [0, 0.05) is 16.6 Å². The Labute approximate surface area is 98.8 Å². The molecule has 2 rings (SSSR count). The highest BCUT2D eigenvalue weighted by Crippen LogP contribution is 2.44. The van der Waals surface area contributed by atoms with Crippen molar-refractivity contribution in [2.24, 2.45) is 5.92 Å². The molecule has 0 aromatic heterocycles. The number of aliphatic carboxylic acids is 1. The minimum Gasteiger partial charge on any atom is -0.497 e. The van der Waals surface area contributed by atoms with Crippen LogP contribution in [0.2, 0.25) is 0 Å². The van der Waals surface area contributed by atoms with Crippen molar-refractivity contribution in [1.29, 1.82) is 0 Å². The van der Waals surface area contributed by atoms with Gasteiger partial charge < -0.3 is 9.84 Å². The Balaban J connectivity index is 2.30. The molecular weight excluding hydrogens is 224 g/mol. The Kier molecular flexibility index (Phi) is 3.10. The van der Waals surface area contributed by atoms with E-state index >= 15 is 0 Å². The molecule has 1 aromatic rings. The summed E-state index contributed by atoms with van der Waals surface area (Å²) in [5.74, 6) is 0.727. The summed E-state index contributed by atoms with van der Waals surface area (Å²) in [5.41, 5.74) is 1.14. The number of carbonyl (C=O) groups is 1. The lowest BCUT2D eigenvalue weighted by atomic mass is 9.89. The number of carboxylic acids is 1. The van der Waals surface area contributed by atoms with Gasteiger partial charge in [0.2, 0.25) is 0 Å². The van der Waals surface area contributed by atoms with Crippen LogP contribution in [0.4, 0.5) is 0 Å². The van der Waals surface area contributed by atoms with Gasteiger partial charge in [0.15, 0.2) is 0 Å². The lowest BCUT2D eigenvalue weighted by Gasteiger charge is -2.15. The molecule has 0 bridgehead atoms. The highest BCUT2D eigenvalue weighted by atomic mass is 32.2. The molecule has 4 heteroatoms. The molecule has 1 aliphatic rings. The van der Waals surface area contributed by atoms with Crippen molar-refractivity contribution in [3.8, 4) is 5.75 Å². The van der Waals surface area contributed by atoms with E-state index in [1.807, 2.05) is 18.2 Å². The van der Waals surface area contributed by atoms with E-state index in [0.29, 0.717) is 0 Å². The third kappa shape index (κ3) is 1.89. The van der Waals surface area contributed by atoms with Crippen LogP contribution >= 0.6 is 11.8 Å². The van der Waals surface area contributed by atoms with E-state index in [1.165, 1.54) is 0 Å². The second kappa shape index (κ2) is 4.37. The minimum atomic E-state index is -0.728. The monoisotopic (exact) mass is 238 g/mol. The van der Waals surface area contributed by atoms with Crippen LogP contribution in [0.3, 0.4) is 0 Å². The van der Waals surface area contributed by atoms with Crippen LogP contribution in [-0.2, 0) is 4.79 Å². The summed E-state index contributed by atoms with van der Waals surface area (Å²) in [6.45, 7) is 1.77. The number of hydrogen-bond acceptors (Lipinski definition) is 3.